The van der Waals surface area contributed by atoms with Gasteiger partial charge in [0, 0.05) is 18.9 Å². The number of rotatable bonds is 10. The quantitative estimate of drug-likeness (QED) is 0.227. The molecule has 0 fully saturated rings. The van der Waals surface area contributed by atoms with E-state index in [0.717, 1.165) is 30.5 Å². The molecule has 2 aromatic carbocycles. The average molecular weight is 549 g/mol. The van der Waals surface area contributed by atoms with Gasteiger partial charge in [0.25, 0.3) is 0 Å². The van der Waals surface area contributed by atoms with E-state index in [4.69, 9.17) is 14.5 Å². The molecule has 0 aliphatic heterocycles. The molecule has 0 aliphatic rings. The number of hydrogen-bond acceptors (Lipinski definition) is 4. The van der Waals surface area contributed by atoms with Gasteiger partial charge in [0.05, 0.1) is 26.7 Å². The van der Waals surface area contributed by atoms with E-state index in [-0.39, 0.29) is 30.1 Å². The maximum Gasteiger partial charge on any atom is 0.191 e. The molecule has 7 nitrogen and oxygen atoms in total. The molecular weight excluding hydrogens is 517 g/mol. The Kier molecular flexibility index (Phi) is 10.9. The third kappa shape index (κ3) is 7.74. The van der Waals surface area contributed by atoms with Gasteiger partial charge in [0.15, 0.2) is 17.5 Å². The number of ether oxygens (including phenoxy) is 2. The summed E-state index contributed by atoms with van der Waals surface area (Å²) in [6.07, 6.45) is 3.70. The Morgan fingerprint density at radius 2 is 1.75 bits per heavy atom. The first-order valence-corrected chi connectivity index (χ1v) is 10.6. The summed E-state index contributed by atoms with van der Waals surface area (Å²) in [5.41, 5.74) is 2.38. The van der Waals surface area contributed by atoms with E-state index in [0.29, 0.717) is 13.1 Å². The Bertz CT molecular complexity index is 963. The molecule has 1 atom stereocenters. The summed E-state index contributed by atoms with van der Waals surface area (Å²) in [6, 6.07) is 17.9. The molecule has 0 amide bonds. The number of nitrogens with one attached hydrogen (secondary N) is 2. The van der Waals surface area contributed by atoms with Crippen molar-refractivity contribution in [1.82, 2.24) is 20.4 Å². The van der Waals surface area contributed by atoms with Crippen LogP contribution in [0, 0.1) is 0 Å². The van der Waals surface area contributed by atoms with Gasteiger partial charge in [0.1, 0.15) is 6.10 Å². The molecule has 2 N–H and O–H groups in total. The van der Waals surface area contributed by atoms with Crippen molar-refractivity contribution in [1.29, 1.82) is 0 Å². The Balaban J connectivity index is 0.00000363. The maximum absolute atomic E-state index is 6.03. The topological polar surface area (TPSA) is 72.7 Å². The number of methoxy groups -OCH3 is 1. The van der Waals surface area contributed by atoms with Crippen LogP contribution in [0.3, 0.4) is 0 Å². The SMILES string of the molecule is CCNC(=NCc1ccccc1Cn1cccn1)NCC(C)Oc1ccccc1OC.I. The number of hydrogen-bond donors (Lipinski definition) is 2. The van der Waals surface area contributed by atoms with E-state index in [1.807, 2.05) is 60.3 Å². The van der Waals surface area contributed by atoms with E-state index in [1.165, 1.54) is 11.1 Å². The van der Waals surface area contributed by atoms with E-state index in [2.05, 4.69) is 34.8 Å². The van der Waals surface area contributed by atoms with E-state index < -0.39 is 0 Å². The van der Waals surface area contributed by atoms with Crippen LogP contribution in [0.15, 0.2) is 72.0 Å². The number of halogens is 1. The Hall–Kier alpha value is -2.75. The van der Waals surface area contributed by atoms with Crippen molar-refractivity contribution >= 4 is 29.9 Å². The van der Waals surface area contributed by atoms with Crippen LogP contribution in [0.2, 0.25) is 0 Å². The van der Waals surface area contributed by atoms with Gasteiger partial charge in [-0.25, -0.2) is 4.99 Å². The molecule has 0 radical (unpaired) electrons. The Morgan fingerprint density at radius 1 is 1.03 bits per heavy atom. The highest BCUT2D eigenvalue weighted by Crippen LogP contribution is 2.26. The Morgan fingerprint density at radius 3 is 2.44 bits per heavy atom. The number of aliphatic imine (C=N–C) groups is 1. The smallest absolute Gasteiger partial charge is 0.191 e. The van der Waals surface area contributed by atoms with Crippen molar-refractivity contribution in [2.24, 2.45) is 4.99 Å². The van der Waals surface area contributed by atoms with Crippen molar-refractivity contribution in [2.75, 3.05) is 20.2 Å². The molecule has 1 unspecified atom stereocenters. The first-order valence-electron chi connectivity index (χ1n) is 10.6. The number of guanidine groups is 1. The molecule has 1 heterocycles. The molecule has 1 aromatic heterocycles. The maximum atomic E-state index is 6.03. The van der Waals surface area contributed by atoms with Crippen molar-refractivity contribution in [3.8, 4) is 11.5 Å². The first kappa shape index (κ1) is 25.5. The fraction of sp³-hybridized carbons (Fsp3) is 0.333. The van der Waals surface area contributed by atoms with Crippen molar-refractivity contribution in [3.63, 3.8) is 0 Å². The fourth-order valence-corrected chi connectivity index (χ4v) is 3.16. The van der Waals surface area contributed by atoms with Crippen LogP contribution in [0.1, 0.15) is 25.0 Å². The van der Waals surface area contributed by atoms with E-state index >= 15 is 0 Å². The van der Waals surface area contributed by atoms with Gasteiger partial charge < -0.3 is 20.1 Å². The minimum Gasteiger partial charge on any atom is -0.493 e. The molecule has 0 bridgehead atoms. The van der Waals surface area contributed by atoms with E-state index in [9.17, 15) is 0 Å². The number of aromatic nitrogens is 2. The van der Waals surface area contributed by atoms with Crippen LogP contribution >= 0.6 is 24.0 Å². The minimum atomic E-state index is -0.0627. The lowest BCUT2D eigenvalue weighted by atomic mass is 10.1. The molecule has 0 saturated carbocycles. The molecule has 0 aliphatic carbocycles. The van der Waals surface area contributed by atoms with Gasteiger partial charge in [-0.05, 0) is 43.2 Å². The predicted octanol–water partition coefficient (Wildman–Crippen LogP) is 4.08. The lowest BCUT2D eigenvalue weighted by Crippen LogP contribution is -2.41. The third-order valence-corrected chi connectivity index (χ3v) is 4.72. The first-order chi connectivity index (χ1) is 15.2. The number of nitrogens with zero attached hydrogens (tertiary/aromatic N) is 3. The lowest BCUT2D eigenvalue weighted by molar-refractivity contribution is 0.213. The summed E-state index contributed by atoms with van der Waals surface area (Å²) in [7, 11) is 1.64. The lowest BCUT2D eigenvalue weighted by Gasteiger charge is -2.19. The van der Waals surface area contributed by atoms with Gasteiger partial charge in [-0.15, -0.1) is 24.0 Å². The predicted molar refractivity (Wildman–Crippen MR) is 139 cm³/mol. The molecule has 8 heteroatoms. The molecule has 3 aromatic rings. The summed E-state index contributed by atoms with van der Waals surface area (Å²) in [6.45, 7) is 6.77. The molecule has 0 spiro atoms. The largest absolute Gasteiger partial charge is 0.493 e. The summed E-state index contributed by atoms with van der Waals surface area (Å²) in [5.74, 6) is 2.21. The monoisotopic (exact) mass is 549 g/mol. The average Bonchev–Trinajstić information content (AvgIpc) is 3.30. The van der Waals surface area contributed by atoms with Crippen molar-refractivity contribution in [3.05, 3.63) is 78.1 Å². The van der Waals surface area contributed by atoms with Gasteiger partial charge in [-0.1, -0.05) is 36.4 Å². The zero-order chi connectivity index (χ0) is 21.9. The normalized spacial score (nSPS) is 11.9. The van der Waals surface area contributed by atoms with Crippen LogP contribution in [0.25, 0.3) is 0 Å². The van der Waals surface area contributed by atoms with Crippen LogP contribution in [0.5, 0.6) is 11.5 Å². The minimum absolute atomic E-state index is 0. The van der Waals surface area contributed by atoms with Crippen LogP contribution < -0.4 is 20.1 Å². The summed E-state index contributed by atoms with van der Waals surface area (Å²) >= 11 is 0. The van der Waals surface area contributed by atoms with Crippen molar-refractivity contribution < 1.29 is 9.47 Å². The van der Waals surface area contributed by atoms with Gasteiger partial charge in [0.2, 0.25) is 0 Å². The summed E-state index contributed by atoms with van der Waals surface area (Å²) in [4.78, 5) is 4.77. The second-order valence-corrected chi connectivity index (χ2v) is 7.13. The second-order valence-electron chi connectivity index (χ2n) is 7.13. The molecule has 32 heavy (non-hydrogen) atoms. The number of para-hydroxylation sites is 2. The van der Waals surface area contributed by atoms with Crippen molar-refractivity contribution in [2.45, 2.75) is 33.0 Å². The molecular formula is C24H32IN5O2. The highest BCUT2D eigenvalue weighted by atomic mass is 127. The zero-order valence-corrected chi connectivity index (χ0v) is 21.2. The second kappa shape index (κ2) is 13.6. The third-order valence-electron chi connectivity index (χ3n) is 4.72. The van der Waals surface area contributed by atoms with Gasteiger partial charge in [-0.3, -0.25) is 4.68 Å². The standard InChI is InChI=1S/C24H31N5O2.HI/c1-4-25-24(26-16-19(2)31-23-13-8-7-12-22(23)30-3)27-17-20-10-5-6-11-21(20)18-29-15-9-14-28-29;/h5-15,19H,4,16-18H2,1-3H3,(H2,25,26,27);1H. The molecule has 3 rings (SSSR count). The highest BCUT2D eigenvalue weighted by Gasteiger charge is 2.10. The highest BCUT2D eigenvalue weighted by molar-refractivity contribution is 14.0. The van der Waals surface area contributed by atoms with Gasteiger partial charge >= 0.3 is 0 Å². The summed E-state index contributed by atoms with van der Waals surface area (Å²) < 4.78 is 13.3. The molecule has 172 valence electrons. The van der Waals surface area contributed by atoms with Crippen LogP contribution in [-0.4, -0.2) is 42.0 Å². The number of benzene rings is 2. The van der Waals surface area contributed by atoms with Crippen LogP contribution in [0.4, 0.5) is 0 Å². The fourth-order valence-electron chi connectivity index (χ4n) is 3.16. The Labute approximate surface area is 207 Å². The molecule has 0 saturated heterocycles. The zero-order valence-electron chi connectivity index (χ0n) is 18.8. The van der Waals surface area contributed by atoms with Crippen LogP contribution in [-0.2, 0) is 13.1 Å². The van der Waals surface area contributed by atoms with E-state index in [1.54, 1.807) is 13.3 Å². The summed E-state index contributed by atoms with van der Waals surface area (Å²) in [5, 5.41) is 11.0. The van der Waals surface area contributed by atoms with Gasteiger partial charge in [-0.2, -0.15) is 5.10 Å².